The maximum atomic E-state index is 12.6. The van der Waals surface area contributed by atoms with E-state index in [1.807, 2.05) is 13.8 Å². The van der Waals surface area contributed by atoms with Crippen molar-refractivity contribution in [3.63, 3.8) is 0 Å². The predicted molar refractivity (Wildman–Crippen MR) is 114 cm³/mol. The van der Waals surface area contributed by atoms with Gasteiger partial charge in [0.25, 0.3) is 0 Å². The quantitative estimate of drug-likeness (QED) is 0.205. The molecule has 0 spiro atoms. The largest absolute Gasteiger partial charge is 0.480 e. The van der Waals surface area contributed by atoms with Gasteiger partial charge in [-0.3, -0.25) is 14.4 Å². The van der Waals surface area contributed by atoms with Crippen molar-refractivity contribution in [3.8, 4) is 0 Å². The van der Waals surface area contributed by atoms with Crippen molar-refractivity contribution in [1.82, 2.24) is 16.0 Å². The lowest BCUT2D eigenvalue weighted by atomic mass is 9.99. The molecule has 10 nitrogen and oxygen atoms in total. The van der Waals surface area contributed by atoms with E-state index in [0.29, 0.717) is 25.8 Å². The molecule has 0 fully saturated rings. The Kier molecular flexibility index (Phi) is 12.9. The highest BCUT2D eigenvalue weighted by atomic mass is 16.4. The molecule has 174 valence electrons. The summed E-state index contributed by atoms with van der Waals surface area (Å²) >= 11 is 0. The second kappa shape index (κ2) is 13.9. The van der Waals surface area contributed by atoms with E-state index in [1.54, 1.807) is 13.8 Å². The Hall–Kier alpha value is -2.20. The van der Waals surface area contributed by atoms with Crippen molar-refractivity contribution >= 4 is 23.7 Å². The van der Waals surface area contributed by atoms with E-state index in [2.05, 4.69) is 16.0 Å². The molecule has 10 heteroatoms. The van der Waals surface area contributed by atoms with Gasteiger partial charge in [0.1, 0.15) is 18.1 Å². The van der Waals surface area contributed by atoms with Gasteiger partial charge in [0.15, 0.2) is 0 Å². The van der Waals surface area contributed by atoms with E-state index in [9.17, 15) is 24.3 Å². The highest BCUT2D eigenvalue weighted by molar-refractivity contribution is 5.93. The topological polar surface area (TPSA) is 177 Å². The van der Waals surface area contributed by atoms with Crippen LogP contribution in [0.5, 0.6) is 0 Å². The normalized spacial score (nSPS) is 16.1. The van der Waals surface area contributed by atoms with E-state index in [4.69, 9.17) is 11.5 Å². The molecule has 0 saturated carbocycles. The molecule has 0 aliphatic rings. The molecule has 0 rings (SSSR count). The van der Waals surface area contributed by atoms with Crippen LogP contribution in [0.15, 0.2) is 0 Å². The molecule has 5 atom stereocenters. The van der Waals surface area contributed by atoms with Crippen LogP contribution in [0.1, 0.15) is 60.3 Å². The van der Waals surface area contributed by atoms with Gasteiger partial charge in [-0.2, -0.15) is 0 Å². The van der Waals surface area contributed by atoms with Crippen molar-refractivity contribution < 1.29 is 24.3 Å². The number of hydrogen-bond acceptors (Lipinski definition) is 6. The lowest BCUT2D eigenvalue weighted by Gasteiger charge is -2.25. The molecule has 3 amide bonds. The SMILES string of the molecule is CCC(C)C(N)C(=O)NC(C)C(=O)NC(CCCCN)C(=O)NC(C(=O)O)C(C)C. The summed E-state index contributed by atoms with van der Waals surface area (Å²) in [5, 5.41) is 16.9. The minimum absolute atomic E-state index is 0.0426. The Labute approximate surface area is 178 Å². The summed E-state index contributed by atoms with van der Waals surface area (Å²) in [4.78, 5) is 48.8. The Balaban J connectivity index is 5.12. The number of nitrogens with one attached hydrogen (secondary N) is 3. The number of carbonyl (C=O) groups excluding carboxylic acids is 3. The smallest absolute Gasteiger partial charge is 0.326 e. The summed E-state index contributed by atoms with van der Waals surface area (Å²) < 4.78 is 0. The van der Waals surface area contributed by atoms with Crippen LogP contribution >= 0.6 is 0 Å². The van der Waals surface area contributed by atoms with Crippen molar-refractivity contribution in [2.24, 2.45) is 23.3 Å². The van der Waals surface area contributed by atoms with Crippen LogP contribution in [0.4, 0.5) is 0 Å². The summed E-state index contributed by atoms with van der Waals surface area (Å²) in [5.41, 5.74) is 11.4. The molecule has 0 aliphatic heterocycles. The van der Waals surface area contributed by atoms with Crippen molar-refractivity contribution in [3.05, 3.63) is 0 Å². The molecule has 0 saturated heterocycles. The van der Waals surface area contributed by atoms with Crippen LogP contribution in [0.25, 0.3) is 0 Å². The zero-order valence-corrected chi connectivity index (χ0v) is 18.7. The van der Waals surface area contributed by atoms with Gasteiger partial charge in [-0.1, -0.05) is 34.1 Å². The van der Waals surface area contributed by atoms with E-state index < -0.39 is 47.9 Å². The number of hydrogen-bond donors (Lipinski definition) is 6. The first-order chi connectivity index (χ1) is 14.0. The van der Waals surface area contributed by atoms with E-state index in [-0.39, 0.29) is 11.8 Å². The first kappa shape index (κ1) is 27.8. The molecule has 0 aromatic rings. The molecule has 0 bridgehead atoms. The van der Waals surface area contributed by atoms with Gasteiger partial charge in [-0.05, 0) is 44.6 Å². The van der Waals surface area contributed by atoms with Gasteiger partial charge in [-0.25, -0.2) is 4.79 Å². The molecule has 8 N–H and O–H groups in total. The lowest BCUT2D eigenvalue weighted by Crippen LogP contribution is -2.57. The van der Waals surface area contributed by atoms with Gasteiger partial charge in [0.2, 0.25) is 17.7 Å². The Morgan fingerprint density at radius 2 is 1.50 bits per heavy atom. The third-order valence-electron chi connectivity index (χ3n) is 5.12. The molecule has 0 aromatic carbocycles. The number of carbonyl (C=O) groups is 4. The number of amides is 3. The molecular weight excluding hydrogens is 390 g/mol. The maximum Gasteiger partial charge on any atom is 0.326 e. The minimum Gasteiger partial charge on any atom is -0.480 e. The van der Waals surface area contributed by atoms with E-state index in [1.165, 1.54) is 6.92 Å². The van der Waals surface area contributed by atoms with Crippen molar-refractivity contribution in [2.75, 3.05) is 6.54 Å². The van der Waals surface area contributed by atoms with Crippen LogP contribution in [-0.2, 0) is 19.2 Å². The fourth-order valence-electron chi connectivity index (χ4n) is 2.71. The van der Waals surface area contributed by atoms with Crippen LogP contribution in [0.2, 0.25) is 0 Å². The molecule has 5 unspecified atom stereocenters. The van der Waals surface area contributed by atoms with Gasteiger partial charge in [-0.15, -0.1) is 0 Å². The molecule has 0 radical (unpaired) electrons. The number of carboxylic acids is 1. The van der Waals surface area contributed by atoms with Crippen LogP contribution in [-0.4, -0.2) is 59.5 Å². The molecule has 30 heavy (non-hydrogen) atoms. The number of aliphatic carboxylic acids is 1. The first-order valence-electron chi connectivity index (χ1n) is 10.6. The Bertz CT molecular complexity index is 584. The third kappa shape index (κ3) is 9.53. The van der Waals surface area contributed by atoms with Crippen molar-refractivity contribution in [2.45, 2.75) is 84.5 Å². The third-order valence-corrected chi connectivity index (χ3v) is 5.12. The predicted octanol–water partition coefficient (Wildman–Crippen LogP) is -0.296. The molecular formula is C20H39N5O5. The Morgan fingerprint density at radius 3 is 1.97 bits per heavy atom. The van der Waals surface area contributed by atoms with Gasteiger partial charge < -0.3 is 32.5 Å². The van der Waals surface area contributed by atoms with Crippen LogP contribution in [0, 0.1) is 11.8 Å². The summed E-state index contributed by atoms with van der Waals surface area (Å²) in [7, 11) is 0. The zero-order valence-electron chi connectivity index (χ0n) is 18.7. The minimum atomic E-state index is -1.15. The lowest BCUT2D eigenvalue weighted by molar-refractivity contribution is -0.143. The number of nitrogens with two attached hydrogens (primary N) is 2. The van der Waals surface area contributed by atoms with Gasteiger partial charge in [0.05, 0.1) is 6.04 Å². The van der Waals surface area contributed by atoms with Gasteiger partial charge in [0, 0.05) is 0 Å². The highest BCUT2D eigenvalue weighted by Crippen LogP contribution is 2.07. The summed E-state index contributed by atoms with van der Waals surface area (Å²) in [6.07, 6.45) is 2.25. The summed E-state index contributed by atoms with van der Waals surface area (Å²) in [5.74, 6) is -3.10. The number of unbranched alkanes of at least 4 members (excludes halogenated alkanes) is 1. The van der Waals surface area contributed by atoms with Crippen LogP contribution < -0.4 is 27.4 Å². The Morgan fingerprint density at radius 1 is 0.900 bits per heavy atom. The zero-order chi connectivity index (χ0) is 23.4. The molecule has 0 aromatic heterocycles. The standard InChI is InChI=1S/C20H39N5O5/c1-6-12(4)15(22)19(28)23-13(5)17(26)24-14(9-7-8-10-21)18(27)25-16(11(2)3)20(29)30/h11-16H,6-10,21-22H2,1-5H3,(H,23,28)(H,24,26)(H,25,27)(H,29,30). The molecule has 0 heterocycles. The average molecular weight is 430 g/mol. The fraction of sp³-hybridized carbons (Fsp3) is 0.800. The monoisotopic (exact) mass is 429 g/mol. The highest BCUT2D eigenvalue weighted by Gasteiger charge is 2.30. The van der Waals surface area contributed by atoms with Crippen molar-refractivity contribution in [1.29, 1.82) is 0 Å². The average Bonchev–Trinajstić information content (AvgIpc) is 2.68. The summed E-state index contributed by atoms with van der Waals surface area (Å²) in [6, 6.07) is -3.65. The second-order valence-corrected chi connectivity index (χ2v) is 8.06. The number of carboxylic acid groups (broad SMARTS) is 1. The van der Waals surface area contributed by atoms with Gasteiger partial charge >= 0.3 is 5.97 Å². The maximum absolute atomic E-state index is 12.6. The second-order valence-electron chi connectivity index (χ2n) is 8.06. The van der Waals surface area contributed by atoms with E-state index in [0.717, 1.165) is 6.42 Å². The molecule has 0 aliphatic carbocycles. The summed E-state index contributed by atoms with van der Waals surface area (Å²) in [6.45, 7) is 9.06. The fourth-order valence-corrected chi connectivity index (χ4v) is 2.71. The first-order valence-corrected chi connectivity index (χ1v) is 10.6. The van der Waals surface area contributed by atoms with Crippen LogP contribution in [0.3, 0.4) is 0 Å². The number of rotatable bonds is 14. The van der Waals surface area contributed by atoms with E-state index >= 15 is 0 Å².